The molecule has 128 valence electrons. The minimum atomic E-state index is -3.53. The predicted molar refractivity (Wildman–Crippen MR) is 88.0 cm³/mol. The Balaban J connectivity index is 2.49. The van der Waals surface area contributed by atoms with Gasteiger partial charge in [0.25, 0.3) is 0 Å². The van der Waals surface area contributed by atoms with E-state index in [1.54, 1.807) is 12.1 Å². The summed E-state index contributed by atoms with van der Waals surface area (Å²) < 4.78 is 30.5. The highest BCUT2D eigenvalue weighted by molar-refractivity contribution is 7.89. The van der Waals surface area contributed by atoms with Gasteiger partial charge in [-0.3, -0.25) is 9.59 Å². The number of hydrogen-bond donors (Lipinski definition) is 1. The minimum absolute atomic E-state index is 0.0508. The van der Waals surface area contributed by atoms with E-state index in [-0.39, 0.29) is 5.75 Å². The summed E-state index contributed by atoms with van der Waals surface area (Å²) in [5.74, 6) is -1.24. The third-order valence-corrected chi connectivity index (χ3v) is 4.78. The summed E-state index contributed by atoms with van der Waals surface area (Å²) in [5, 5.41) is 0.494. The van der Waals surface area contributed by atoms with Gasteiger partial charge in [0.1, 0.15) is 6.04 Å². The Morgan fingerprint density at radius 1 is 1.26 bits per heavy atom. The fourth-order valence-corrected chi connectivity index (χ4v) is 3.24. The number of esters is 1. The smallest absolute Gasteiger partial charge is 0.324 e. The van der Waals surface area contributed by atoms with Crippen molar-refractivity contribution in [2.75, 3.05) is 12.4 Å². The molecule has 23 heavy (non-hydrogen) atoms. The number of nitrogens with one attached hydrogen (secondary N) is 1. The van der Waals surface area contributed by atoms with E-state index in [1.807, 2.05) is 6.92 Å². The topological polar surface area (TPSA) is 89.5 Å². The molecule has 0 aliphatic carbocycles. The second-order valence-electron chi connectivity index (χ2n) is 5.05. The molecular formula is C15H20ClNO5S. The first-order valence-electron chi connectivity index (χ1n) is 7.20. The lowest BCUT2D eigenvalue weighted by Gasteiger charge is -2.13. The molecule has 6 nitrogen and oxygen atoms in total. The molecule has 0 fully saturated rings. The van der Waals surface area contributed by atoms with E-state index in [1.165, 1.54) is 19.1 Å². The maximum absolute atomic E-state index is 11.9. The van der Waals surface area contributed by atoms with Crippen molar-refractivity contribution in [3.63, 3.8) is 0 Å². The standard InChI is InChI=1S/C15H20ClNO5S/c1-3-4-9-23(20,21)17-11(2)15(19)22-10-14(18)12-5-7-13(16)8-6-12/h5-8,11,17H,3-4,9-10H2,1-2H3/t11-/m0/s1. The number of sulfonamides is 1. The van der Waals surface area contributed by atoms with E-state index >= 15 is 0 Å². The second-order valence-corrected chi connectivity index (χ2v) is 7.36. The number of rotatable bonds is 9. The van der Waals surface area contributed by atoms with E-state index in [2.05, 4.69) is 4.72 Å². The molecule has 0 bridgehead atoms. The summed E-state index contributed by atoms with van der Waals surface area (Å²) >= 11 is 5.72. The zero-order valence-electron chi connectivity index (χ0n) is 13.0. The Morgan fingerprint density at radius 2 is 1.87 bits per heavy atom. The Labute approximate surface area is 141 Å². The molecule has 8 heteroatoms. The van der Waals surface area contributed by atoms with Gasteiger partial charge in [-0.05, 0) is 37.6 Å². The zero-order valence-corrected chi connectivity index (χ0v) is 14.6. The quantitative estimate of drug-likeness (QED) is 0.537. The van der Waals surface area contributed by atoms with Crippen LogP contribution in [0.5, 0.6) is 0 Å². The predicted octanol–water partition coefficient (Wildman–Crippen LogP) is 2.17. The van der Waals surface area contributed by atoms with E-state index < -0.39 is 34.4 Å². The molecule has 0 spiro atoms. The van der Waals surface area contributed by atoms with Crippen LogP contribution in [0.2, 0.25) is 5.02 Å². The Kier molecular flexibility index (Phi) is 7.67. The lowest BCUT2D eigenvalue weighted by molar-refractivity contribution is -0.144. The fraction of sp³-hybridized carbons (Fsp3) is 0.467. The molecule has 0 aliphatic rings. The van der Waals surface area contributed by atoms with Crippen molar-refractivity contribution in [2.45, 2.75) is 32.7 Å². The molecule has 0 unspecified atom stereocenters. The molecular weight excluding hydrogens is 342 g/mol. The number of carbonyl (C=O) groups excluding carboxylic acids is 2. The first-order chi connectivity index (χ1) is 10.7. The number of benzene rings is 1. The molecule has 0 saturated carbocycles. The van der Waals surface area contributed by atoms with Crippen LogP contribution in [0.1, 0.15) is 37.0 Å². The van der Waals surface area contributed by atoms with Crippen LogP contribution in [0.4, 0.5) is 0 Å². The van der Waals surface area contributed by atoms with Gasteiger partial charge in [0, 0.05) is 10.6 Å². The monoisotopic (exact) mass is 361 g/mol. The van der Waals surface area contributed by atoms with Crippen LogP contribution >= 0.6 is 11.6 Å². The van der Waals surface area contributed by atoms with Crippen molar-refractivity contribution in [3.05, 3.63) is 34.9 Å². The highest BCUT2D eigenvalue weighted by atomic mass is 35.5. The molecule has 0 aliphatic heterocycles. The Bertz CT molecular complexity index is 642. The highest BCUT2D eigenvalue weighted by Crippen LogP contribution is 2.10. The molecule has 1 atom stereocenters. The van der Waals surface area contributed by atoms with Crippen LogP contribution in [0.3, 0.4) is 0 Å². The van der Waals surface area contributed by atoms with Gasteiger partial charge in [-0.25, -0.2) is 13.1 Å². The second kappa shape index (κ2) is 9.00. The van der Waals surface area contributed by atoms with Crippen LogP contribution in [-0.4, -0.2) is 38.6 Å². The molecule has 0 radical (unpaired) electrons. The summed E-state index contributed by atoms with van der Waals surface area (Å²) in [6.45, 7) is 2.79. The van der Waals surface area contributed by atoms with Gasteiger partial charge in [0.2, 0.25) is 10.0 Å². The fourth-order valence-electron chi connectivity index (χ4n) is 1.69. The maximum Gasteiger partial charge on any atom is 0.324 e. The Hall–Kier alpha value is -1.44. The number of Topliss-reactive ketones (excluding diaryl/α,β-unsaturated/α-hetero) is 1. The Morgan fingerprint density at radius 3 is 2.43 bits per heavy atom. The third kappa shape index (κ3) is 7.11. The van der Waals surface area contributed by atoms with Crippen LogP contribution in [-0.2, 0) is 19.6 Å². The number of ketones is 1. The molecule has 0 aromatic heterocycles. The van der Waals surface area contributed by atoms with Crippen molar-refractivity contribution >= 4 is 33.4 Å². The van der Waals surface area contributed by atoms with Crippen molar-refractivity contribution in [1.29, 1.82) is 0 Å². The zero-order chi connectivity index (χ0) is 17.5. The van der Waals surface area contributed by atoms with Crippen molar-refractivity contribution in [1.82, 2.24) is 4.72 Å². The van der Waals surface area contributed by atoms with Crippen LogP contribution < -0.4 is 4.72 Å². The normalized spacial score (nSPS) is 12.7. The summed E-state index contributed by atoms with van der Waals surface area (Å²) in [6.07, 6.45) is 1.24. The van der Waals surface area contributed by atoms with E-state index in [9.17, 15) is 18.0 Å². The average molecular weight is 362 g/mol. The van der Waals surface area contributed by atoms with Crippen molar-refractivity contribution in [3.8, 4) is 0 Å². The third-order valence-electron chi connectivity index (χ3n) is 2.99. The number of carbonyl (C=O) groups is 2. The number of hydrogen-bond acceptors (Lipinski definition) is 5. The van der Waals surface area contributed by atoms with E-state index in [4.69, 9.17) is 16.3 Å². The number of halogens is 1. The van der Waals surface area contributed by atoms with Gasteiger partial charge in [-0.15, -0.1) is 0 Å². The first-order valence-corrected chi connectivity index (χ1v) is 9.23. The van der Waals surface area contributed by atoms with Crippen LogP contribution in [0, 0.1) is 0 Å². The summed E-state index contributed by atoms with van der Waals surface area (Å²) in [7, 11) is -3.53. The highest BCUT2D eigenvalue weighted by Gasteiger charge is 2.22. The number of unbranched alkanes of at least 4 members (excludes halogenated alkanes) is 1. The van der Waals surface area contributed by atoms with Gasteiger partial charge in [-0.1, -0.05) is 24.9 Å². The van der Waals surface area contributed by atoms with Crippen molar-refractivity contribution in [2.24, 2.45) is 0 Å². The van der Waals surface area contributed by atoms with Crippen LogP contribution in [0.15, 0.2) is 24.3 Å². The molecule has 1 rings (SSSR count). The number of ether oxygens (including phenoxy) is 1. The largest absolute Gasteiger partial charge is 0.456 e. The van der Waals surface area contributed by atoms with Crippen LogP contribution in [0.25, 0.3) is 0 Å². The molecule has 1 aromatic rings. The van der Waals surface area contributed by atoms with Gasteiger partial charge < -0.3 is 4.74 Å². The average Bonchev–Trinajstić information content (AvgIpc) is 2.50. The SMILES string of the molecule is CCCCS(=O)(=O)N[C@@H](C)C(=O)OCC(=O)c1ccc(Cl)cc1. The van der Waals surface area contributed by atoms with E-state index in [0.29, 0.717) is 17.0 Å². The summed E-state index contributed by atoms with van der Waals surface area (Å²) in [4.78, 5) is 23.6. The van der Waals surface area contributed by atoms with E-state index in [0.717, 1.165) is 6.42 Å². The molecule has 0 saturated heterocycles. The molecule has 1 N–H and O–H groups in total. The first kappa shape index (κ1) is 19.6. The molecule has 0 amide bonds. The van der Waals surface area contributed by atoms with Gasteiger partial charge in [0.05, 0.1) is 5.75 Å². The maximum atomic E-state index is 11.9. The van der Waals surface area contributed by atoms with Crippen molar-refractivity contribution < 1.29 is 22.7 Å². The van der Waals surface area contributed by atoms with Gasteiger partial charge >= 0.3 is 5.97 Å². The molecule has 1 aromatic carbocycles. The minimum Gasteiger partial charge on any atom is -0.456 e. The van der Waals surface area contributed by atoms with Gasteiger partial charge in [-0.2, -0.15) is 0 Å². The summed E-state index contributed by atoms with van der Waals surface area (Å²) in [6, 6.07) is 5.11. The van der Waals surface area contributed by atoms with Gasteiger partial charge in [0.15, 0.2) is 12.4 Å². The molecule has 0 heterocycles. The lowest BCUT2D eigenvalue weighted by atomic mass is 10.1. The lowest BCUT2D eigenvalue weighted by Crippen LogP contribution is -2.41. The summed E-state index contributed by atoms with van der Waals surface area (Å²) in [5.41, 5.74) is 0.360.